The first-order valence-electron chi connectivity index (χ1n) is 4.66. The van der Waals surface area contributed by atoms with Gasteiger partial charge < -0.3 is 5.73 Å². The molecule has 0 saturated heterocycles. The highest BCUT2D eigenvalue weighted by Crippen LogP contribution is 2.18. The molecule has 0 fully saturated rings. The summed E-state index contributed by atoms with van der Waals surface area (Å²) < 4.78 is 0. The SMILES string of the molecule is NCc1cnc(Cc2cccc(Cl)c2)s1. The minimum Gasteiger partial charge on any atom is -0.326 e. The van der Waals surface area contributed by atoms with Gasteiger partial charge in [0.25, 0.3) is 0 Å². The molecule has 15 heavy (non-hydrogen) atoms. The summed E-state index contributed by atoms with van der Waals surface area (Å²) >= 11 is 7.56. The molecule has 2 nitrogen and oxygen atoms in total. The molecule has 2 rings (SSSR count). The van der Waals surface area contributed by atoms with Gasteiger partial charge in [0.2, 0.25) is 0 Å². The van der Waals surface area contributed by atoms with Crippen molar-refractivity contribution >= 4 is 22.9 Å². The topological polar surface area (TPSA) is 38.9 Å². The van der Waals surface area contributed by atoms with E-state index in [1.165, 1.54) is 5.56 Å². The lowest BCUT2D eigenvalue weighted by Gasteiger charge is -1.97. The molecule has 2 aromatic rings. The highest BCUT2D eigenvalue weighted by Gasteiger charge is 2.02. The lowest BCUT2D eigenvalue weighted by molar-refractivity contribution is 1.08. The number of benzene rings is 1. The first-order valence-corrected chi connectivity index (χ1v) is 5.85. The Labute approximate surface area is 97.7 Å². The molecular weight excluding hydrogens is 228 g/mol. The van der Waals surface area contributed by atoms with Crippen LogP contribution in [0.5, 0.6) is 0 Å². The smallest absolute Gasteiger partial charge is 0.0972 e. The standard InChI is InChI=1S/C11H11ClN2S/c12-9-3-1-2-8(4-9)5-11-14-7-10(6-13)15-11/h1-4,7H,5-6,13H2. The molecule has 0 aliphatic heterocycles. The van der Waals surface area contributed by atoms with Crippen LogP contribution in [-0.2, 0) is 13.0 Å². The molecule has 1 heterocycles. The van der Waals surface area contributed by atoms with Crippen LogP contribution >= 0.6 is 22.9 Å². The number of nitrogens with zero attached hydrogens (tertiary/aromatic N) is 1. The Morgan fingerprint density at radius 2 is 2.27 bits per heavy atom. The van der Waals surface area contributed by atoms with E-state index in [1.54, 1.807) is 11.3 Å². The second-order valence-corrected chi connectivity index (χ2v) is 4.87. The Bertz CT molecular complexity index is 453. The fraction of sp³-hybridized carbons (Fsp3) is 0.182. The fourth-order valence-corrected chi connectivity index (χ4v) is 2.39. The number of nitrogens with two attached hydrogens (primary N) is 1. The quantitative estimate of drug-likeness (QED) is 0.893. The predicted molar refractivity (Wildman–Crippen MR) is 64.3 cm³/mol. The maximum Gasteiger partial charge on any atom is 0.0972 e. The van der Waals surface area contributed by atoms with Crippen LogP contribution in [0.1, 0.15) is 15.4 Å². The van der Waals surface area contributed by atoms with E-state index in [-0.39, 0.29) is 0 Å². The third-order valence-corrected chi connectivity index (χ3v) is 3.30. The minimum atomic E-state index is 0.563. The van der Waals surface area contributed by atoms with Crippen LogP contribution in [0.15, 0.2) is 30.5 Å². The van der Waals surface area contributed by atoms with Crippen LogP contribution in [0.3, 0.4) is 0 Å². The number of thiazole rings is 1. The molecule has 0 radical (unpaired) electrons. The van der Waals surface area contributed by atoms with Gasteiger partial charge in [0.05, 0.1) is 5.01 Å². The molecular formula is C11H11ClN2S. The summed E-state index contributed by atoms with van der Waals surface area (Å²) in [5.41, 5.74) is 6.71. The molecule has 0 amide bonds. The summed E-state index contributed by atoms with van der Waals surface area (Å²) in [6.07, 6.45) is 2.66. The van der Waals surface area contributed by atoms with E-state index in [4.69, 9.17) is 17.3 Å². The zero-order valence-electron chi connectivity index (χ0n) is 8.11. The number of aromatic nitrogens is 1. The van der Waals surface area contributed by atoms with Crippen molar-refractivity contribution in [1.29, 1.82) is 0 Å². The molecule has 0 saturated carbocycles. The molecule has 0 bridgehead atoms. The highest BCUT2D eigenvalue weighted by atomic mass is 35.5. The summed E-state index contributed by atoms with van der Waals surface area (Å²) in [6, 6.07) is 7.84. The van der Waals surface area contributed by atoms with E-state index in [2.05, 4.69) is 11.1 Å². The largest absolute Gasteiger partial charge is 0.326 e. The number of hydrogen-bond acceptors (Lipinski definition) is 3. The first-order chi connectivity index (χ1) is 7.28. The second kappa shape index (κ2) is 4.75. The van der Waals surface area contributed by atoms with Gasteiger partial charge in [-0.1, -0.05) is 23.7 Å². The van der Waals surface area contributed by atoms with E-state index in [1.807, 2.05) is 24.4 Å². The third-order valence-electron chi connectivity index (χ3n) is 2.05. The summed E-state index contributed by atoms with van der Waals surface area (Å²) in [5.74, 6) is 0. The van der Waals surface area contributed by atoms with Gasteiger partial charge in [-0.15, -0.1) is 11.3 Å². The maximum atomic E-state index is 5.91. The summed E-state index contributed by atoms with van der Waals surface area (Å²) in [7, 11) is 0. The Balaban J connectivity index is 2.14. The molecule has 78 valence electrons. The van der Waals surface area contributed by atoms with E-state index in [9.17, 15) is 0 Å². The average molecular weight is 239 g/mol. The van der Waals surface area contributed by atoms with Gasteiger partial charge in [-0.2, -0.15) is 0 Å². The maximum absolute atomic E-state index is 5.91. The zero-order valence-corrected chi connectivity index (χ0v) is 9.68. The Kier molecular flexibility index (Phi) is 3.36. The van der Waals surface area contributed by atoms with Crippen LogP contribution in [0.4, 0.5) is 0 Å². The first kappa shape index (κ1) is 10.6. The van der Waals surface area contributed by atoms with Crippen LogP contribution in [0.2, 0.25) is 5.02 Å². The lowest BCUT2D eigenvalue weighted by Crippen LogP contribution is -1.91. The van der Waals surface area contributed by atoms with Crippen LogP contribution in [0.25, 0.3) is 0 Å². The molecule has 0 spiro atoms. The van der Waals surface area contributed by atoms with Crippen molar-refractivity contribution in [3.8, 4) is 0 Å². The van der Waals surface area contributed by atoms with E-state index in [0.29, 0.717) is 6.54 Å². The molecule has 0 aliphatic carbocycles. The highest BCUT2D eigenvalue weighted by molar-refractivity contribution is 7.11. The zero-order chi connectivity index (χ0) is 10.7. The van der Waals surface area contributed by atoms with Gasteiger partial charge in [0.15, 0.2) is 0 Å². The molecule has 4 heteroatoms. The Morgan fingerprint density at radius 3 is 2.93 bits per heavy atom. The summed E-state index contributed by atoms with van der Waals surface area (Å²) in [5, 5.41) is 1.85. The van der Waals surface area contributed by atoms with Gasteiger partial charge in [0, 0.05) is 29.1 Å². The molecule has 0 aliphatic rings. The van der Waals surface area contributed by atoms with Crippen molar-refractivity contribution in [3.05, 3.63) is 50.9 Å². The lowest BCUT2D eigenvalue weighted by atomic mass is 10.2. The minimum absolute atomic E-state index is 0.563. The Morgan fingerprint density at radius 1 is 1.40 bits per heavy atom. The Hall–Kier alpha value is -0.900. The van der Waals surface area contributed by atoms with Crippen molar-refractivity contribution in [1.82, 2.24) is 4.98 Å². The molecule has 1 aromatic carbocycles. The van der Waals surface area contributed by atoms with Crippen molar-refractivity contribution in [2.24, 2.45) is 5.73 Å². The van der Waals surface area contributed by atoms with Gasteiger partial charge >= 0.3 is 0 Å². The van der Waals surface area contributed by atoms with E-state index < -0.39 is 0 Å². The second-order valence-electron chi connectivity index (χ2n) is 3.23. The van der Waals surface area contributed by atoms with Crippen LogP contribution < -0.4 is 5.73 Å². The average Bonchev–Trinajstić information content (AvgIpc) is 2.65. The third kappa shape index (κ3) is 2.78. The number of rotatable bonds is 3. The summed E-state index contributed by atoms with van der Waals surface area (Å²) in [6.45, 7) is 0.563. The normalized spacial score (nSPS) is 10.5. The van der Waals surface area contributed by atoms with Gasteiger partial charge in [-0.25, -0.2) is 4.98 Å². The van der Waals surface area contributed by atoms with E-state index in [0.717, 1.165) is 21.3 Å². The van der Waals surface area contributed by atoms with Gasteiger partial charge in [-0.05, 0) is 17.7 Å². The molecule has 0 unspecified atom stereocenters. The van der Waals surface area contributed by atoms with Crippen molar-refractivity contribution in [2.75, 3.05) is 0 Å². The van der Waals surface area contributed by atoms with E-state index >= 15 is 0 Å². The monoisotopic (exact) mass is 238 g/mol. The summed E-state index contributed by atoms with van der Waals surface area (Å²) in [4.78, 5) is 5.43. The van der Waals surface area contributed by atoms with Crippen molar-refractivity contribution in [2.45, 2.75) is 13.0 Å². The molecule has 1 aromatic heterocycles. The molecule has 0 atom stereocenters. The predicted octanol–water partition coefficient (Wildman–Crippen LogP) is 2.85. The van der Waals surface area contributed by atoms with Crippen LogP contribution in [-0.4, -0.2) is 4.98 Å². The van der Waals surface area contributed by atoms with Crippen molar-refractivity contribution < 1.29 is 0 Å². The van der Waals surface area contributed by atoms with Gasteiger partial charge in [-0.3, -0.25) is 0 Å². The van der Waals surface area contributed by atoms with Crippen molar-refractivity contribution in [3.63, 3.8) is 0 Å². The number of halogens is 1. The fourth-order valence-electron chi connectivity index (χ4n) is 1.35. The van der Waals surface area contributed by atoms with Crippen LogP contribution in [0, 0.1) is 0 Å². The van der Waals surface area contributed by atoms with Gasteiger partial charge in [0.1, 0.15) is 0 Å². The number of hydrogen-bond donors (Lipinski definition) is 1. The molecule has 2 N–H and O–H groups in total.